The summed E-state index contributed by atoms with van der Waals surface area (Å²) in [5.74, 6) is 1.65. The second-order valence-electron chi connectivity index (χ2n) is 4.32. The van der Waals surface area contributed by atoms with Gasteiger partial charge < -0.3 is 0 Å². The van der Waals surface area contributed by atoms with E-state index in [-0.39, 0.29) is 10.3 Å². The lowest BCUT2D eigenvalue weighted by atomic mass is 10.2. The van der Waals surface area contributed by atoms with Gasteiger partial charge in [0.2, 0.25) is 0 Å². The molecule has 0 atom stereocenters. The maximum absolute atomic E-state index is 10.5. The van der Waals surface area contributed by atoms with Crippen molar-refractivity contribution >= 4 is 17.4 Å². The average Bonchev–Trinajstić information content (AvgIpc) is 2.24. The molecule has 0 spiro atoms. The first-order valence-electron chi connectivity index (χ1n) is 5.25. The molecule has 0 fully saturated rings. The molecule has 0 aliphatic rings. The van der Waals surface area contributed by atoms with E-state index in [4.69, 9.17) is 0 Å². The Morgan fingerprint density at radius 3 is 2.41 bits per heavy atom. The Morgan fingerprint density at radius 1 is 1.35 bits per heavy atom. The van der Waals surface area contributed by atoms with Crippen molar-refractivity contribution in [1.82, 2.24) is 0 Å². The molecule has 1 N–H and O–H groups in total. The summed E-state index contributed by atoms with van der Waals surface area (Å²) in [6.07, 6.45) is 0. The molecular weight excluding hydrogens is 240 g/mol. The Balaban J connectivity index is 2.35. The molecule has 0 saturated heterocycles. The van der Waals surface area contributed by atoms with Crippen LogP contribution >= 0.6 is 11.8 Å². The van der Waals surface area contributed by atoms with Crippen LogP contribution in [0.1, 0.15) is 5.56 Å². The lowest BCUT2D eigenvalue weighted by molar-refractivity contribution is -1.07. The molecule has 1 rings (SSSR count). The maximum atomic E-state index is 10.5. The topological polar surface area (TPSA) is 63.4 Å². The van der Waals surface area contributed by atoms with E-state index in [2.05, 4.69) is 0 Å². The molecule has 0 amide bonds. The molecular formula is C11H17N2O3S+. The maximum Gasteiger partial charge on any atom is 0.269 e. The van der Waals surface area contributed by atoms with Gasteiger partial charge in [0.25, 0.3) is 5.69 Å². The molecule has 0 bridgehead atoms. The lowest BCUT2D eigenvalue weighted by Gasteiger charge is -2.18. The Morgan fingerprint density at radius 2 is 1.94 bits per heavy atom. The van der Waals surface area contributed by atoms with Crippen molar-refractivity contribution in [1.29, 1.82) is 0 Å². The average molecular weight is 257 g/mol. The molecule has 0 unspecified atom stereocenters. The fourth-order valence-corrected chi connectivity index (χ4v) is 2.34. The summed E-state index contributed by atoms with van der Waals surface area (Å²) < 4.78 is -0.0345. The predicted octanol–water partition coefficient (Wildman–Crippen LogP) is 2.29. The highest BCUT2D eigenvalue weighted by molar-refractivity contribution is 7.98. The van der Waals surface area contributed by atoms with E-state index in [9.17, 15) is 15.3 Å². The van der Waals surface area contributed by atoms with Crippen molar-refractivity contribution in [2.45, 2.75) is 5.75 Å². The second-order valence-corrected chi connectivity index (χ2v) is 5.43. The van der Waals surface area contributed by atoms with Crippen LogP contribution in [0.25, 0.3) is 0 Å². The number of rotatable bonds is 6. The Kier molecular flexibility index (Phi) is 4.92. The third-order valence-corrected chi connectivity index (χ3v) is 3.21. The first-order chi connectivity index (χ1) is 7.88. The Labute approximate surface area is 105 Å². The molecule has 0 heterocycles. The van der Waals surface area contributed by atoms with Gasteiger partial charge >= 0.3 is 0 Å². The third-order valence-electron chi connectivity index (χ3n) is 2.20. The number of thioether (sulfide) groups is 1. The molecule has 94 valence electrons. The molecule has 0 saturated carbocycles. The number of benzene rings is 1. The molecule has 0 aliphatic carbocycles. The van der Waals surface area contributed by atoms with Gasteiger partial charge in [-0.2, -0.15) is 16.4 Å². The van der Waals surface area contributed by atoms with Crippen molar-refractivity contribution in [2.75, 3.05) is 26.4 Å². The number of nitro groups is 1. The van der Waals surface area contributed by atoms with Crippen LogP contribution in [-0.4, -0.2) is 41.2 Å². The highest BCUT2D eigenvalue weighted by Crippen LogP contribution is 2.16. The normalized spacial score (nSPS) is 11.5. The van der Waals surface area contributed by atoms with E-state index >= 15 is 0 Å². The zero-order chi connectivity index (χ0) is 12.9. The van der Waals surface area contributed by atoms with Gasteiger partial charge in [0.1, 0.15) is 6.54 Å². The minimum Gasteiger partial charge on any atom is -0.258 e. The first kappa shape index (κ1) is 14.0. The van der Waals surface area contributed by atoms with Gasteiger partial charge in [-0.3, -0.25) is 10.1 Å². The van der Waals surface area contributed by atoms with Gasteiger partial charge in [-0.05, 0) is 5.56 Å². The van der Waals surface area contributed by atoms with Crippen molar-refractivity contribution in [3.8, 4) is 0 Å². The summed E-state index contributed by atoms with van der Waals surface area (Å²) in [4.78, 5) is 10.1. The van der Waals surface area contributed by atoms with Crippen molar-refractivity contribution in [3.05, 3.63) is 39.9 Å². The molecule has 1 aromatic rings. The third kappa shape index (κ3) is 5.67. The predicted molar refractivity (Wildman–Crippen MR) is 68.0 cm³/mol. The monoisotopic (exact) mass is 257 g/mol. The zero-order valence-corrected chi connectivity index (χ0v) is 10.8. The van der Waals surface area contributed by atoms with Crippen molar-refractivity contribution < 1.29 is 14.8 Å². The van der Waals surface area contributed by atoms with Crippen LogP contribution in [0, 0.1) is 10.1 Å². The quantitative estimate of drug-likeness (QED) is 0.367. The van der Waals surface area contributed by atoms with Gasteiger partial charge in [0.15, 0.2) is 0 Å². The van der Waals surface area contributed by atoms with Crippen LogP contribution in [0.2, 0.25) is 0 Å². The van der Waals surface area contributed by atoms with Gasteiger partial charge in [-0.25, -0.2) is 5.21 Å². The summed E-state index contributed by atoms with van der Waals surface area (Å²) in [7, 11) is 3.46. The molecule has 0 aromatic heterocycles. The molecule has 1 aromatic carbocycles. The van der Waals surface area contributed by atoms with E-state index in [0.29, 0.717) is 6.54 Å². The summed E-state index contributed by atoms with van der Waals surface area (Å²) in [6, 6.07) is 6.57. The standard InChI is InChI=1S/C11H17N2O3S/c1-13(2,16)7-8-17-9-10-3-5-11(6-4-10)12(14)15/h3-6,16H,7-9H2,1-2H3/q+1. The van der Waals surface area contributed by atoms with E-state index < -0.39 is 4.92 Å². The van der Waals surface area contributed by atoms with E-state index in [1.165, 1.54) is 12.1 Å². The fourth-order valence-electron chi connectivity index (χ4n) is 1.19. The number of non-ortho nitro benzene ring substituents is 1. The van der Waals surface area contributed by atoms with Crippen LogP contribution in [0.4, 0.5) is 5.69 Å². The number of hydrogen-bond donors (Lipinski definition) is 1. The first-order valence-corrected chi connectivity index (χ1v) is 6.41. The van der Waals surface area contributed by atoms with Crippen molar-refractivity contribution in [2.24, 2.45) is 0 Å². The zero-order valence-electron chi connectivity index (χ0n) is 10.00. The molecule has 5 nitrogen and oxygen atoms in total. The highest BCUT2D eigenvalue weighted by Gasteiger charge is 2.09. The van der Waals surface area contributed by atoms with Crippen LogP contribution < -0.4 is 0 Å². The summed E-state index contributed by atoms with van der Waals surface area (Å²) >= 11 is 1.70. The Bertz CT molecular complexity index is 373. The lowest BCUT2D eigenvalue weighted by Crippen LogP contribution is -2.37. The summed E-state index contributed by atoms with van der Waals surface area (Å²) in [5.41, 5.74) is 1.18. The van der Waals surface area contributed by atoms with Gasteiger partial charge in [0, 0.05) is 23.6 Å². The molecule has 17 heavy (non-hydrogen) atoms. The minimum absolute atomic E-state index is 0.0345. The highest BCUT2D eigenvalue weighted by atomic mass is 32.2. The SMILES string of the molecule is C[N+](C)(O)CCSCc1ccc([N+](=O)[O-])cc1. The van der Waals surface area contributed by atoms with Crippen LogP contribution in [0.5, 0.6) is 0 Å². The number of hydrogen-bond acceptors (Lipinski definition) is 4. The van der Waals surface area contributed by atoms with Gasteiger partial charge in [-0.15, -0.1) is 0 Å². The Hall–Kier alpha value is -1.11. The summed E-state index contributed by atoms with van der Waals surface area (Å²) in [5, 5.41) is 19.9. The number of quaternary nitrogens is 1. The van der Waals surface area contributed by atoms with Crippen LogP contribution in [0.15, 0.2) is 24.3 Å². The number of nitro benzene ring substituents is 1. The fraction of sp³-hybridized carbons (Fsp3) is 0.455. The van der Waals surface area contributed by atoms with Gasteiger partial charge in [-0.1, -0.05) is 12.1 Å². The largest absolute Gasteiger partial charge is 0.269 e. The number of nitrogens with zero attached hydrogens (tertiary/aromatic N) is 2. The van der Waals surface area contributed by atoms with Gasteiger partial charge in [0.05, 0.1) is 19.0 Å². The minimum atomic E-state index is -0.400. The van der Waals surface area contributed by atoms with E-state index in [0.717, 1.165) is 17.1 Å². The summed E-state index contributed by atoms with van der Waals surface area (Å²) in [6.45, 7) is 0.678. The molecule has 0 radical (unpaired) electrons. The van der Waals surface area contributed by atoms with Crippen LogP contribution in [-0.2, 0) is 5.75 Å². The van der Waals surface area contributed by atoms with Crippen LogP contribution in [0.3, 0.4) is 0 Å². The van der Waals surface area contributed by atoms with E-state index in [1.54, 1.807) is 38.0 Å². The van der Waals surface area contributed by atoms with Crippen molar-refractivity contribution in [3.63, 3.8) is 0 Å². The molecule has 6 heteroatoms. The second kappa shape index (κ2) is 6.00. The van der Waals surface area contributed by atoms with E-state index in [1.807, 2.05) is 0 Å². The molecule has 0 aliphatic heterocycles. The smallest absolute Gasteiger partial charge is 0.258 e. The number of hydroxylamine groups is 3.